The highest BCUT2D eigenvalue weighted by Crippen LogP contribution is 2.36. The molecule has 2 aromatic carbocycles. The average Bonchev–Trinajstić information content (AvgIpc) is 2.55. The zero-order valence-electron chi connectivity index (χ0n) is 12.3. The van der Waals surface area contributed by atoms with Gasteiger partial charge in [-0.3, -0.25) is 5.32 Å². The minimum absolute atomic E-state index is 0.172. The summed E-state index contributed by atoms with van der Waals surface area (Å²) < 4.78 is 15.4. The zero-order chi connectivity index (χ0) is 15.9. The van der Waals surface area contributed by atoms with Crippen LogP contribution in [-0.4, -0.2) is 20.3 Å². The fourth-order valence-corrected chi connectivity index (χ4v) is 2.03. The number of hydrogen-bond acceptors (Lipinski definition) is 4. The summed E-state index contributed by atoms with van der Waals surface area (Å²) in [6.07, 6.45) is -0.610. The van der Waals surface area contributed by atoms with Gasteiger partial charge in [0.1, 0.15) is 23.1 Å². The van der Waals surface area contributed by atoms with Gasteiger partial charge in [0.15, 0.2) is 0 Å². The monoisotopic (exact) mass is 321 g/mol. The molecular formula is C16H16ClNO4. The van der Waals surface area contributed by atoms with E-state index in [2.05, 4.69) is 5.32 Å². The van der Waals surface area contributed by atoms with Gasteiger partial charge in [-0.05, 0) is 5.56 Å². The van der Waals surface area contributed by atoms with Crippen molar-refractivity contribution in [2.45, 2.75) is 6.61 Å². The molecule has 2 aromatic rings. The Morgan fingerprint density at radius 1 is 1.14 bits per heavy atom. The number of hydrogen-bond donors (Lipinski definition) is 1. The number of benzene rings is 2. The number of ether oxygens (including phenoxy) is 3. The maximum atomic E-state index is 11.9. The summed E-state index contributed by atoms with van der Waals surface area (Å²) in [5, 5.41) is 2.85. The van der Waals surface area contributed by atoms with Gasteiger partial charge in [-0.2, -0.15) is 0 Å². The summed E-state index contributed by atoms with van der Waals surface area (Å²) in [6, 6.07) is 12.6. The summed E-state index contributed by atoms with van der Waals surface area (Å²) >= 11 is 6.15. The number of carbonyl (C=O) groups excluding carboxylic acids is 1. The molecule has 6 heteroatoms. The highest BCUT2D eigenvalue weighted by atomic mass is 35.5. The SMILES string of the molecule is COc1cc(NC(=O)OCc2ccccc2)c(Cl)c(OC)c1. The second-order valence-electron chi connectivity index (χ2n) is 4.38. The third-order valence-electron chi connectivity index (χ3n) is 2.92. The van der Waals surface area contributed by atoms with Crippen molar-refractivity contribution >= 4 is 23.4 Å². The first-order valence-electron chi connectivity index (χ1n) is 6.53. The van der Waals surface area contributed by atoms with Crippen molar-refractivity contribution in [2.24, 2.45) is 0 Å². The molecule has 0 radical (unpaired) electrons. The van der Waals surface area contributed by atoms with E-state index in [0.29, 0.717) is 17.2 Å². The van der Waals surface area contributed by atoms with Crippen molar-refractivity contribution in [2.75, 3.05) is 19.5 Å². The molecule has 1 N–H and O–H groups in total. The normalized spacial score (nSPS) is 9.95. The summed E-state index contributed by atoms with van der Waals surface area (Å²) in [7, 11) is 3.00. The molecule has 0 spiro atoms. The lowest BCUT2D eigenvalue weighted by Crippen LogP contribution is -2.14. The number of methoxy groups -OCH3 is 2. The Labute approximate surface area is 133 Å². The molecule has 0 aliphatic carbocycles. The summed E-state index contributed by atoms with van der Waals surface area (Å²) in [4.78, 5) is 11.9. The van der Waals surface area contributed by atoms with Gasteiger partial charge >= 0.3 is 6.09 Å². The van der Waals surface area contributed by atoms with Crippen LogP contribution in [-0.2, 0) is 11.3 Å². The van der Waals surface area contributed by atoms with E-state index in [-0.39, 0.29) is 11.6 Å². The molecule has 0 unspecified atom stereocenters. The van der Waals surface area contributed by atoms with E-state index < -0.39 is 6.09 Å². The number of halogens is 1. The molecule has 0 fully saturated rings. The molecule has 5 nitrogen and oxygen atoms in total. The smallest absolute Gasteiger partial charge is 0.412 e. The molecule has 0 aliphatic rings. The fourth-order valence-electron chi connectivity index (χ4n) is 1.80. The van der Waals surface area contributed by atoms with Crippen LogP contribution in [0, 0.1) is 0 Å². The molecule has 116 valence electrons. The first kappa shape index (κ1) is 16.0. The van der Waals surface area contributed by atoms with E-state index in [1.807, 2.05) is 30.3 Å². The second-order valence-corrected chi connectivity index (χ2v) is 4.76. The molecule has 0 aromatic heterocycles. The van der Waals surface area contributed by atoms with E-state index in [0.717, 1.165) is 5.56 Å². The first-order chi connectivity index (χ1) is 10.6. The molecular weight excluding hydrogens is 306 g/mol. The Hall–Kier alpha value is -2.40. The molecule has 0 saturated heterocycles. The van der Waals surface area contributed by atoms with E-state index in [4.69, 9.17) is 25.8 Å². The molecule has 0 heterocycles. The van der Waals surface area contributed by atoms with Crippen LogP contribution in [0.25, 0.3) is 0 Å². The van der Waals surface area contributed by atoms with E-state index in [1.165, 1.54) is 14.2 Å². The number of carbonyl (C=O) groups is 1. The Kier molecular flexibility index (Phi) is 5.49. The van der Waals surface area contributed by atoms with Crippen LogP contribution in [0.1, 0.15) is 5.56 Å². The van der Waals surface area contributed by atoms with Crippen molar-refractivity contribution in [1.82, 2.24) is 0 Å². The Morgan fingerprint density at radius 2 is 1.86 bits per heavy atom. The standard InChI is InChI=1S/C16H16ClNO4/c1-20-12-8-13(15(17)14(9-12)21-2)18-16(19)22-10-11-6-4-3-5-7-11/h3-9H,10H2,1-2H3,(H,18,19). The largest absolute Gasteiger partial charge is 0.497 e. The molecule has 1 amide bonds. The predicted molar refractivity (Wildman–Crippen MR) is 84.8 cm³/mol. The molecule has 2 rings (SSSR count). The van der Waals surface area contributed by atoms with Gasteiger partial charge in [0, 0.05) is 12.1 Å². The van der Waals surface area contributed by atoms with Crippen LogP contribution in [0.15, 0.2) is 42.5 Å². The summed E-state index contributed by atoms with van der Waals surface area (Å²) in [6.45, 7) is 0.172. The number of nitrogens with one attached hydrogen (secondary N) is 1. The van der Waals surface area contributed by atoms with Gasteiger partial charge in [0.2, 0.25) is 0 Å². The average molecular weight is 322 g/mol. The molecule has 0 bridgehead atoms. The minimum atomic E-state index is -0.610. The van der Waals surface area contributed by atoms with E-state index >= 15 is 0 Å². The third-order valence-corrected chi connectivity index (χ3v) is 3.31. The van der Waals surface area contributed by atoms with Gasteiger partial charge in [-0.15, -0.1) is 0 Å². The van der Waals surface area contributed by atoms with Gasteiger partial charge in [0.25, 0.3) is 0 Å². The Bertz CT molecular complexity index is 646. The lowest BCUT2D eigenvalue weighted by atomic mass is 10.2. The lowest BCUT2D eigenvalue weighted by Gasteiger charge is -2.12. The topological polar surface area (TPSA) is 56.8 Å². The Morgan fingerprint density at radius 3 is 2.50 bits per heavy atom. The molecule has 0 aliphatic heterocycles. The quantitative estimate of drug-likeness (QED) is 0.900. The van der Waals surface area contributed by atoms with Gasteiger partial charge < -0.3 is 14.2 Å². The highest BCUT2D eigenvalue weighted by molar-refractivity contribution is 6.35. The van der Waals surface area contributed by atoms with E-state index in [1.54, 1.807) is 12.1 Å². The van der Waals surface area contributed by atoms with Crippen LogP contribution in [0.3, 0.4) is 0 Å². The van der Waals surface area contributed by atoms with Crippen molar-refractivity contribution in [1.29, 1.82) is 0 Å². The number of amides is 1. The molecule has 0 atom stereocenters. The number of anilines is 1. The second kappa shape index (κ2) is 7.56. The van der Waals surface area contributed by atoms with Crippen LogP contribution in [0.5, 0.6) is 11.5 Å². The lowest BCUT2D eigenvalue weighted by molar-refractivity contribution is 0.155. The molecule has 22 heavy (non-hydrogen) atoms. The maximum Gasteiger partial charge on any atom is 0.412 e. The van der Waals surface area contributed by atoms with Gasteiger partial charge in [0.05, 0.1) is 19.9 Å². The van der Waals surface area contributed by atoms with E-state index in [9.17, 15) is 4.79 Å². The van der Waals surface area contributed by atoms with Crippen LogP contribution >= 0.6 is 11.6 Å². The summed E-state index contributed by atoms with van der Waals surface area (Å²) in [5.74, 6) is 0.916. The predicted octanol–water partition coefficient (Wildman–Crippen LogP) is 4.11. The van der Waals surface area contributed by atoms with Gasteiger partial charge in [-0.25, -0.2) is 4.79 Å². The van der Waals surface area contributed by atoms with Crippen LogP contribution < -0.4 is 14.8 Å². The van der Waals surface area contributed by atoms with Crippen LogP contribution in [0.4, 0.5) is 10.5 Å². The van der Waals surface area contributed by atoms with Crippen molar-refractivity contribution < 1.29 is 19.0 Å². The maximum absolute atomic E-state index is 11.9. The fraction of sp³-hybridized carbons (Fsp3) is 0.188. The molecule has 0 saturated carbocycles. The van der Waals surface area contributed by atoms with Crippen molar-refractivity contribution in [3.05, 3.63) is 53.1 Å². The third kappa shape index (κ3) is 4.05. The van der Waals surface area contributed by atoms with Crippen molar-refractivity contribution in [3.8, 4) is 11.5 Å². The first-order valence-corrected chi connectivity index (χ1v) is 6.91. The van der Waals surface area contributed by atoms with Crippen molar-refractivity contribution in [3.63, 3.8) is 0 Å². The number of rotatable bonds is 5. The minimum Gasteiger partial charge on any atom is -0.497 e. The highest BCUT2D eigenvalue weighted by Gasteiger charge is 2.13. The van der Waals surface area contributed by atoms with Crippen LogP contribution in [0.2, 0.25) is 5.02 Å². The zero-order valence-corrected chi connectivity index (χ0v) is 13.0. The summed E-state index contributed by atoms with van der Waals surface area (Å²) in [5.41, 5.74) is 1.25. The van der Waals surface area contributed by atoms with Gasteiger partial charge in [-0.1, -0.05) is 41.9 Å². The Balaban J connectivity index is 2.04.